The quantitative estimate of drug-likeness (QED) is 0.686. The van der Waals surface area contributed by atoms with Gasteiger partial charge in [-0.25, -0.2) is 4.98 Å². The van der Waals surface area contributed by atoms with Crippen LogP contribution in [0, 0.1) is 0 Å². The minimum atomic E-state index is -0.0190. The molecule has 1 amide bonds. The minimum Gasteiger partial charge on any atom is -0.441 e. The van der Waals surface area contributed by atoms with Gasteiger partial charge in [-0.3, -0.25) is 4.79 Å². The number of benzene rings is 2. The van der Waals surface area contributed by atoms with Crippen molar-refractivity contribution < 1.29 is 9.21 Å². The van der Waals surface area contributed by atoms with E-state index in [0.29, 0.717) is 25.3 Å². The fourth-order valence-electron chi connectivity index (χ4n) is 2.32. The maximum atomic E-state index is 12.0. The maximum absolute atomic E-state index is 12.0. The number of halogens is 1. The predicted octanol–water partition coefficient (Wildman–Crippen LogP) is 4.35. The molecule has 4 nitrogen and oxygen atoms in total. The summed E-state index contributed by atoms with van der Waals surface area (Å²) in [7, 11) is 0. The van der Waals surface area contributed by atoms with Crippen LogP contribution in [0.4, 0.5) is 0 Å². The average molecular weight is 385 g/mol. The number of amides is 1. The molecule has 3 rings (SSSR count). The predicted molar refractivity (Wildman–Crippen MR) is 96.2 cm³/mol. The summed E-state index contributed by atoms with van der Waals surface area (Å²) in [5.74, 6) is 1.28. The van der Waals surface area contributed by atoms with Gasteiger partial charge in [0.1, 0.15) is 0 Å². The molecular weight excluding hydrogens is 368 g/mol. The molecule has 1 heterocycles. The molecule has 1 aromatic heterocycles. The normalized spacial score (nSPS) is 10.5. The Kier molecular flexibility index (Phi) is 5.43. The minimum absolute atomic E-state index is 0.0190. The molecule has 0 saturated heterocycles. The van der Waals surface area contributed by atoms with E-state index in [2.05, 4.69) is 26.2 Å². The number of aromatic nitrogens is 1. The third-order valence-electron chi connectivity index (χ3n) is 3.56. The highest BCUT2D eigenvalue weighted by Crippen LogP contribution is 2.20. The highest BCUT2D eigenvalue weighted by Gasteiger charge is 2.08. The number of nitrogens with one attached hydrogen (secondary N) is 1. The largest absolute Gasteiger partial charge is 0.441 e. The van der Waals surface area contributed by atoms with E-state index in [1.54, 1.807) is 6.20 Å². The van der Waals surface area contributed by atoms with Gasteiger partial charge in [0.15, 0.2) is 11.7 Å². The van der Waals surface area contributed by atoms with Crippen LogP contribution in [0.25, 0.3) is 11.3 Å². The van der Waals surface area contributed by atoms with Crippen LogP contribution in [-0.4, -0.2) is 10.9 Å². The van der Waals surface area contributed by atoms with Gasteiger partial charge >= 0.3 is 0 Å². The van der Waals surface area contributed by atoms with E-state index in [1.165, 1.54) is 0 Å². The first kappa shape index (κ1) is 16.5. The second kappa shape index (κ2) is 7.93. The Labute approximate surface area is 149 Å². The Morgan fingerprint density at radius 1 is 1.12 bits per heavy atom. The number of carbonyl (C=O) groups is 1. The smallest absolute Gasteiger partial charge is 0.220 e. The van der Waals surface area contributed by atoms with Gasteiger partial charge in [-0.1, -0.05) is 58.4 Å². The molecule has 0 bridgehead atoms. The van der Waals surface area contributed by atoms with Crippen LogP contribution in [0.1, 0.15) is 17.9 Å². The lowest BCUT2D eigenvalue weighted by molar-refractivity contribution is -0.121. The van der Waals surface area contributed by atoms with Crippen LogP contribution in [0.3, 0.4) is 0 Å². The molecule has 24 heavy (non-hydrogen) atoms. The number of hydrogen-bond donors (Lipinski definition) is 1. The topological polar surface area (TPSA) is 55.1 Å². The highest BCUT2D eigenvalue weighted by molar-refractivity contribution is 9.10. The van der Waals surface area contributed by atoms with Crippen molar-refractivity contribution in [2.24, 2.45) is 0 Å². The average Bonchev–Trinajstić information content (AvgIpc) is 3.08. The molecule has 0 radical (unpaired) electrons. The fourth-order valence-corrected chi connectivity index (χ4v) is 2.76. The first-order valence-corrected chi connectivity index (χ1v) is 8.51. The van der Waals surface area contributed by atoms with Gasteiger partial charge in [0.2, 0.25) is 5.91 Å². The van der Waals surface area contributed by atoms with E-state index in [-0.39, 0.29) is 5.91 Å². The van der Waals surface area contributed by atoms with Gasteiger partial charge in [-0.05, 0) is 17.7 Å². The Bertz CT molecular complexity index is 815. The summed E-state index contributed by atoms with van der Waals surface area (Å²) in [6.07, 6.45) is 2.53. The van der Waals surface area contributed by atoms with E-state index in [9.17, 15) is 4.79 Å². The third kappa shape index (κ3) is 4.55. The molecule has 0 aliphatic heterocycles. The molecule has 0 unspecified atom stereocenters. The Hall–Kier alpha value is -2.40. The number of rotatable bonds is 6. The van der Waals surface area contributed by atoms with Gasteiger partial charge in [-0.15, -0.1) is 0 Å². The van der Waals surface area contributed by atoms with Crippen LogP contribution in [0.2, 0.25) is 0 Å². The standard InChI is InChI=1S/C19H17BrN2O2/c20-16-8-4-5-14(11-16)12-21-18(23)9-10-19-22-13-17(24-19)15-6-2-1-3-7-15/h1-8,11,13H,9-10,12H2,(H,21,23). The summed E-state index contributed by atoms with van der Waals surface area (Å²) in [6.45, 7) is 0.513. The third-order valence-corrected chi connectivity index (χ3v) is 4.05. The summed E-state index contributed by atoms with van der Waals surface area (Å²) in [5.41, 5.74) is 2.04. The van der Waals surface area contributed by atoms with Gasteiger partial charge in [-0.2, -0.15) is 0 Å². The van der Waals surface area contributed by atoms with E-state index in [0.717, 1.165) is 21.4 Å². The second-order valence-electron chi connectivity index (χ2n) is 5.39. The van der Waals surface area contributed by atoms with E-state index >= 15 is 0 Å². The fraction of sp³-hybridized carbons (Fsp3) is 0.158. The van der Waals surface area contributed by atoms with Crippen molar-refractivity contribution in [1.29, 1.82) is 0 Å². The lowest BCUT2D eigenvalue weighted by Gasteiger charge is -2.05. The number of oxazole rings is 1. The van der Waals surface area contributed by atoms with Crippen LogP contribution in [0.5, 0.6) is 0 Å². The molecule has 2 aromatic carbocycles. The molecule has 3 aromatic rings. The Balaban J connectivity index is 1.49. The van der Waals surface area contributed by atoms with Crippen LogP contribution < -0.4 is 5.32 Å². The van der Waals surface area contributed by atoms with E-state index < -0.39 is 0 Å². The molecule has 0 aliphatic rings. The Morgan fingerprint density at radius 2 is 1.96 bits per heavy atom. The molecule has 1 N–H and O–H groups in total. The molecule has 5 heteroatoms. The molecule has 0 aliphatic carbocycles. The van der Waals surface area contributed by atoms with Crippen molar-refractivity contribution in [3.05, 3.63) is 76.7 Å². The van der Waals surface area contributed by atoms with E-state index in [1.807, 2.05) is 54.6 Å². The van der Waals surface area contributed by atoms with Crippen molar-refractivity contribution in [1.82, 2.24) is 10.3 Å². The SMILES string of the molecule is O=C(CCc1ncc(-c2ccccc2)o1)NCc1cccc(Br)c1. The van der Waals surface area contributed by atoms with Crippen molar-refractivity contribution >= 4 is 21.8 Å². The number of aryl methyl sites for hydroxylation is 1. The number of hydrogen-bond acceptors (Lipinski definition) is 3. The van der Waals surface area contributed by atoms with Crippen LogP contribution in [0.15, 0.2) is 69.7 Å². The van der Waals surface area contributed by atoms with Crippen LogP contribution in [-0.2, 0) is 17.8 Å². The lowest BCUT2D eigenvalue weighted by Crippen LogP contribution is -2.23. The Morgan fingerprint density at radius 3 is 2.75 bits per heavy atom. The lowest BCUT2D eigenvalue weighted by atomic mass is 10.2. The summed E-state index contributed by atoms with van der Waals surface area (Å²) >= 11 is 3.42. The first-order chi connectivity index (χ1) is 11.7. The molecule has 122 valence electrons. The number of nitrogens with zero attached hydrogens (tertiary/aromatic N) is 1. The zero-order valence-electron chi connectivity index (χ0n) is 13.0. The zero-order valence-corrected chi connectivity index (χ0v) is 14.6. The summed E-state index contributed by atoms with van der Waals surface area (Å²) < 4.78 is 6.70. The van der Waals surface area contributed by atoms with Gasteiger partial charge in [0.05, 0.1) is 6.20 Å². The van der Waals surface area contributed by atoms with Gasteiger partial charge < -0.3 is 9.73 Å². The summed E-state index contributed by atoms with van der Waals surface area (Å²) in [5, 5.41) is 2.91. The molecule has 0 fully saturated rings. The maximum Gasteiger partial charge on any atom is 0.220 e. The van der Waals surface area contributed by atoms with Gasteiger partial charge in [0, 0.05) is 29.4 Å². The molecular formula is C19H17BrN2O2. The zero-order chi connectivity index (χ0) is 16.8. The number of carbonyl (C=O) groups excluding carboxylic acids is 1. The second-order valence-corrected chi connectivity index (χ2v) is 6.31. The molecule has 0 saturated carbocycles. The van der Waals surface area contributed by atoms with Crippen molar-refractivity contribution in [3.8, 4) is 11.3 Å². The molecule has 0 spiro atoms. The molecule has 0 atom stereocenters. The first-order valence-electron chi connectivity index (χ1n) is 7.72. The highest BCUT2D eigenvalue weighted by atomic mass is 79.9. The summed E-state index contributed by atoms with van der Waals surface area (Å²) in [4.78, 5) is 16.2. The van der Waals surface area contributed by atoms with Crippen LogP contribution >= 0.6 is 15.9 Å². The van der Waals surface area contributed by atoms with Gasteiger partial charge in [0.25, 0.3) is 0 Å². The van der Waals surface area contributed by atoms with Crippen molar-refractivity contribution in [2.75, 3.05) is 0 Å². The van der Waals surface area contributed by atoms with Crippen molar-refractivity contribution in [3.63, 3.8) is 0 Å². The monoisotopic (exact) mass is 384 g/mol. The summed E-state index contributed by atoms with van der Waals surface area (Å²) in [6, 6.07) is 17.7. The van der Waals surface area contributed by atoms with Crippen molar-refractivity contribution in [2.45, 2.75) is 19.4 Å². The van der Waals surface area contributed by atoms with E-state index in [4.69, 9.17) is 4.42 Å².